The van der Waals surface area contributed by atoms with Crippen LogP contribution in [0.4, 0.5) is 0 Å². The van der Waals surface area contributed by atoms with Gasteiger partial charge in [-0.3, -0.25) is 13.9 Å². The molecule has 0 bridgehead atoms. The fourth-order valence-corrected chi connectivity index (χ4v) is 3.91. The molecule has 0 saturated carbocycles. The number of thiophene rings is 1. The zero-order chi connectivity index (χ0) is 17.1. The van der Waals surface area contributed by atoms with Crippen molar-refractivity contribution in [1.29, 1.82) is 0 Å². The highest BCUT2D eigenvalue weighted by molar-refractivity contribution is 7.98. The lowest BCUT2D eigenvalue weighted by molar-refractivity contribution is 0.636. The van der Waals surface area contributed by atoms with Gasteiger partial charge in [-0.1, -0.05) is 17.8 Å². The van der Waals surface area contributed by atoms with Gasteiger partial charge in [0, 0.05) is 43.0 Å². The Labute approximate surface area is 146 Å². The van der Waals surface area contributed by atoms with Gasteiger partial charge in [0.1, 0.15) is 6.33 Å². The van der Waals surface area contributed by atoms with Gasteiger partial charge in [-0.05, 0) is 17.9 Å². The molecule has 7 nitrogen and oxygen atoms in total. The molecule has 3 aromatic rings. The molecular formula is C15H17N5O2S2. The molecule has 3 rings (SSSR count). The normalized spacial score (nSPS) is 11.1. The van der Waals surface area contributed by atoms with Gasteiger partial charge in [-0.15, -0.1) is 21.5 Å². The number of nitrogens with zero attached hydrogens (tertiary/aromatic N) is 5. The predicted octanol–water partition coefficient (Wildman–Crippen LogP) is 1.27. The standard InChI is InChI=1S/C15H17N5O2S2/c1-18-11(8-13(21)19(2)15(18)22)9-24-14-17-16-10-20(14)6-5-12-4-3-7-23-12/h3-4,7-8,10H,5-6,9H2,1-2H3. The molecule has 24 heavy (non-hydrogen) atoms. The summed E-state index contributed by atoms with van der Waals surface area (Å²) in [7, 11) is 3.14. The number of rotatable bonds is 6. The Bertz CT molecular complexity index is 940. The molecule has 0 aliphatic rings. The Morgan fingerprint density at radius 1 is 1.25 bits per heavy atom. The molecule has 0 N–H and O–H groups in total. The number of hydrogen-bond acceptors (Lipinski definition) is 6. The predicted molar refractivity (Wildman–Crippen MR) is 94.5 cm³/mol. The molecule has 0 spiro atoms. The van der Waals surface area contributed by atoms with E-state index in [4.69, 9.17) is 0 Å². The largest absolute Gasteiger partial charge is 0.330 e. The Morgan fingerprint density at radius 3 is 2.83 bits per heavy atom. The smallest absolute Gasteiger partial charge is 0.308 e. The summed E-state index contributed by atoms with van der Waals surface area (Å²) in [6.45, 7) is 0.797. The lowest BCUT2D eigenvalue weighted by Crippen LogP contribution is -2.37. The van der Waals surface area contributed by atoms with Gasteiger partial charge in [-0.2, -0.15) is 0 Å². The first-order valence-corrected chi connectivity index (χ1v) is 9.21. The zero-order valence-corrected chi connectivity index (χ0v) is 15.0. The molecule has 3 aromatic heterocycles. The van der Waals surface area contributed by atoms with Crippen LogP contribution >= 0.6 is 23.1 Å². The van der Waals surface area contributed by atoms with Gasteiger partial charge < -0.3 is 4.57 Å². The van der Waals surface area contributed by atoms with Gasteiger partial charge >= 0.3 is 5.69 Å². The summed E-state index contributed by atoms with van der Waals surface area (Å²) in [6, 6.07) is 5.64. The number of aryl methyl sites for hydroxylation is 2. The molecule has 0 aliphatic carbocycles. The summed E-state index contributed by atoms with van der Waals surface area (Å²) in [4.78, 5) is 25.1. The Morgan fingerprint density at radius 2 is 2.08 bits per heavy atom. The molecule has 9 heteroatoms. The lowest BCUT2D eigenvalue weighted by atomic mass is 10.3. The maximum absolute atomic E-state index is 12.0. The van der Waals surface area contributed by atoms with E-state index in [0.717, 1.165) is 22.7 Å². The third kappa shape index (κ3) is 3.51. The van der Waals surface area contributed by atoms with Crippen LogP contribution in [-0.4, -0.2) is 23.9 Å². The average Bonchev–Trinajstić information content (AvgIpc) is 3.24. The van der Waals surface area contributed by atoms with Crippen LogP contribution in [0.1, 0.15) is 10.6 Å². The second-order valence-corrected chi connectivity index (χ2v) is 7.27. The van der Waals surface area contributed by atoms with Gasteiger partial charge in [0.15, 0.2) is 5.16 Å². The molecule has 0 aromatic carbocycles. The van der Waals surface area contributed by atoms with Crippen molar-refractivity contribution in [2.75, 3.05) is 0 Å². The van der Waals surface area contributed by atoms with Crippen LogP contribution in [-0.2, 0) is 32.8 Å². The zero-order valence-electron chi connectivity index (χ0n) is 13.4. The van der Waals surface area contributed by atoms with Crippen molar-refractivity contribution < 1.29 is 0 Å². The van der Waals surface area contributed by atoms with Gasteiger partial charge in [0.05, 0.1) is 0 Å². The maximum atomic E-state index is 12.0. The minimum absolute atomic E-state index is 0.298. The highest BCUT2D eigenvalue weighted by atomic mass is 32.2. The third-order valence-electron chi connectivity index (χ3n) is 3.73. The average molecular weight is 363 g/mol. The van der Waals surface area contributed by atoms with Crippen molar-refractivity contribution >= 4 is 23.1 Å². The molecular weight excluding hydrogens is 346 g/mol. The molecule has 0 fully saturated rings. The van der Waals surface area contributed by atoms with Crippen LogP contribution in [0.5, 0.6) is 0 Å². The van der Waals surface area contributed by atoms with Crippen molar-refractivity contribution in [2.24, 2.45) is 14.1 Å². The number of aromatic nitrogens is 5. The van der Waals surface area contributed by atoms with Crippen LogP contribution in [0.15, 0.2) is 44.7 Å². The monoisotopic (exact) mass is 363 g/mol. The summed E-state index contributed by atoms with van der Waals surface area (Å²) in [6.07, 6.45) is 2.63. The molecule has 0 amide bonds. The molecule has 0 radical (unpaired) electrons. The summed E-state index contributed by atoms with van der Waals surface area (Å²) >= 11 is 3.20. The van der Waals surface area contributed by atoms with Crippen molar-refractivity contribution in [3.63, 3.8) is 0 Å². The van der Waals surface area contributed by atoms with Crippen LogP contribution in [0, 0.1) is 0 Å². The molecule has 3 heterocycles. The fourth-order valence-electron chi connectivity index (χ4n) is 2.25. The Hall–Kier alpha value is -2.13. The fraction of sp³-hybridized carbons (Fsp3) is 0.333. The van der Waals surface area contributed by atoms with Crippen LogP contribution < -0.4 is 11.2 Å². The van der Waals surface area contributed by atoms with Crippen LogP contribution in [0.3, 0.4) is 0 Å². The minimum Gasteiger partial charge on any atom is -0.308 e. The Balaban J connectivity index is 1.71. The second-order valence-electron chi connectivity index (χ2n) is 5.30. The molecule has 0 aliphatic heterocycles. The summed E-state index contributed by atoms with van der Waals surface area (Å²) in [5.74, 6) is 0.486. The van der Waals surface area contributed by atoms with Crippen molar-refractivity contribution in [1.82, 2.24) is 23.9 Å². The quantitative estimate of drug-likeness (QED) is 0.617. The summed E-state index contributed by atoms with van der Waals surface area (Å²) in [5, 5.41) is 10.9. The molecule has 0 unspecified atom stereocenters. The third-order valence-corrected chi connectivity index (χ3v) is 5.68. The van der Waals surface area contributed by atoms with Crippen molar-refractivity contribution in [3.8, 4) is 0 Å². The van der Waals surface area contributed by atoms with E-state index in [2.05, 4.69) is 21.6 Å². The second kappa shape index (κ2) is 7.18. The lowest BCUT2D eigenvalue weighted by Gasteiger charge is -2.09. The molecule has 0 atom stereocenters. The first-order valence-electron chi connectivity index (χ1n) is 7.35. The van der Waals surface area contributed by atoms with Gasteiger partial charge in [0.25, 0.3) is 5.56 Å². The van der Waals surface area contributed by atoms with E-state index >= 15 is 0 Å². The number of hydrogen-bond donors (Lipinski definition) is 0. The highest BCUT2D eigenvalue weighted by Crippen LogP contribution is 2.20. The first kappa shape index (κ1) is 16.7. The van der Waals surface area contributed by atoms with E-state index in [0.29, 0.717) is 11.4 Å². The summed E-state index contributed by atoms with van der Waals surface area (Å²) < 4.78 is 4.57. The minimum atomic E-state index is -0.322. The summed E-state index contributed by atoms with van der Waals surface area (Å²) in [5.41, 5.74) is 0.0473. The van der Waals surface area contributed by atoms with Crippen LogP contribution in [0.2, 0.25) is 0 Å². The molecule has 126 valence electrons. The topological polar surface area (TPSA) is 74.7 Å². The number of thioether (sulfide) groups is 1. The SMILES string of the molecule is Cn1c(CSc2nncn2CCc2cccs2)cc(=O)n(C)c1=O. The Kier molecular flexibility index (Phi) is 5.00. The van der Waals surface area contributed by atoms with Crippen molar-refractivity contribution in [2.45, 2.75) is 23.9 Å². The van der Waals surface area contributed by atoms with Crippen LogP contribution in [0.25, 0.3) is 0 Å². The van der Waals surface area contributed by atoms with Crippen molar-refractivity contribution in [3.05, 3.63) is 61.3 Å². The van der Waals surface area contributed by atoms with E-state index in [1.165, 1.54) is 34.3 Å². The van der Waals surface area contributed by atoms with E-state index in [1.54, 1.807) is 24.7 Å². The van der Waals surface area contributed by atoms with E-state index in [-0.39, 0.29) is 11.2 Å². The molecule has 0 saturated heterocycles. The van der Waals surface area contributed by atoms with E-state index in [9.17, 15) is 9.59 Å². The maximum Gasteiger partial charge on any atom is 0.330 e. The van der Waals surface area contributed by atoms with Gasteiger partial charge in [0.2, 0.25) is 0 Å². The van der Waals surface area contributed by atoms with E-state index < -0.39 is 0 Å². The first-order chi connectivity index (χ1) is 11.6. The van der Waals surface area contributed by atoms with E-state index in [1.807, 2.05) is 10.6 Å². The van der Waals surface area contributed by atoms with Gasteiger partial charge in [-0.25, -0.2) is 4.79 Å². The highest BCUT2D eigenvalue weighted by Gasteiger charge is 2.10.